The predicted octanol–water partition coefficient (Wildman–Crippen LogP) is 2.31. The van der Waals surface area contributed by atoms with Gasteiger partial charge in [-0.25, -0.2) is 18.4 Å². The van der Waals surface area contributed by atoms with Crippen LogP contribution in [0.4, 0.5) is 5.95 Å². The molecule has 188 valence electrons. The number of nitrogens with zero attached hydrogens (tertiary/aromatic N) is 6. The minimum atomic E-state index is -4.02. The van der Waals surface area contributed by atoms with E-state index in [2.05, 4.69) is 29.9 Å². The molecule has 0 fully saturated rings. The fourth-order valence-electron chi connectivity index (χ4n) is 3.75. The monoisotopic (exact) mass is 503 g/mol. The molecule has 3 atom stereocenters. The first-order valence-electron chi connectivity index (χ1n) is 11.2. The Bertz CT molecular complexity index is 1260. The van der Waals surface area contributed by atoms with E-state index in [-0.39, 0.29) is 37.1 Å². The number of aromatic nitrogens is 6. The molecule has 13 heteroatoms. The zero-order chi connectivity index (χ0) is 25.2. The van der Waals surface area contributed by atoms with Gasteiger partial charge in [-0.2, -0.15) is 0 Å². The second-order valence-electron chi connectivity index (χ2n) is 8.59. The first-order chi connectivity index (χ1) is 16.7. The number of sulfonamides is 1. The third-order valence-electron chi connectivity index (χ3n) is 5.50. The van der Waals surface area contributed by atoms with E-state index < -0.39 is 21.4 Å². The summed E-state index contributed by atoms with van der Waals surface area (Å²) in [6.07, 6.45) is 5.31. The summed E-state index contributed by atoms with van der Waals surface area (Å²) in [6, 6.07) is 1.36. The average molecular weight is 504 g/mol. The molecule has 0 saturated carbocycles. The summed E-state index contributed by atoms with van der Waals surface area (Å²) >= 11 is 0. The lowest BCUT2D eigenvalue weighted by atomic mass is 10.2. The summed E-state index contributed by atoms with van der Waals surface area (Å²) in [5, 5.41) is 7.38. The predicted molar refractivity (Wildman–Crippen MR) is 127 cm³/mol. The molecule has 1 aliphatic heterocycles. The fraction of sp³-hybridized carbons (Fsp3) is 0.500. The Balaban J connectivity index is 1.70. The Hall–Kier alpha value is -3.16. The Morgan fingerprint density at radius 2 is 1.94 bits per heavy atom. The minimum Gasteiger partial charge on any atom is -0.489 e. The number of methoxy groups -OCH3 is 1. The number of rotatable bonds is 9. The molecule has 2 unspecified atom stereocenters. The van der Waals surface area contributed by atoms with E-state index in [0.29, 0.717) is 17.1 Å². The van der Waals surface area contributed by atoms with Gasteiger partial charge in [0.25, 0.3) is 0 Å². The number of aryl methyl sites for hydroxylation is 1. The summed E-state index contributed by atoms with van der Waals surface area (Å²) in [7, 11) is -2.46. The molecular formula is C22H29N7O5S. The maximum atomic E-state index is 13.5. The standard InChI is InChI=1S/C22H29N7O5S/c1-13(2)34-19(20-24-8-14(3)9-25-20)15(4)35(30,31)28-22-27-26-21-17-6-7-23-10-18(17)33-12-16(11-32-5)29(21)22/h6-10,13,15-16,19H,11-12H2,1-5H3,(H,27,28)/t15?,16-,19?/m1/s1. The number of anilines is 1. The maximum Gasteiger partial charge on any atom is 0.240 e. The molecular weight excluding hydrogens is 474 g/mol. The van der Waals surface area contributed by atoms with Crippen molar-refractivity contribution in [2.45, 2.75) is 51.2 Å². The molecule has 0 radical (unpaired) electrons. The van der Waals surface area contributed by atoms with Gasteiger partial charge in [0, 0.05) is 25.7 Å². The van der Waals surface area contributed by atoms with Crippen LogP contribution in [0.3, 0.4) is 0 Å². The van der Waals surface area contributed by atoms with Crippen LogP contribution in [0.25, 0.3) is 11.4 Å². The number of hydrogen-bond donors (Lipinski definition) is 1. The Labute approximate surface area is 204 Å². The minimum absolute atomic E-state index is 0.0512. The molecule has 0 bridgehead atoms. The van der Waals surface area contributed by atoms with Crippen molar-refractivity contribution in [2.24, 2.45) is 0 Å². The highest BCUT2D eigenvalue weighted by atomic mass is 32.2. The van der Waals surface area contributed by atoms with Crippen LogP contribution in [-0.2, 0) is 19.5 Å². The normalized spacial score (nSPS) is 17.1. The van der Waals surface area contributed by atoms with Gasteiger partial charge in [0.2, 0.25) is 16.0 Å². The number of nitrogens with one attached hydrogen (secondary N) is 1. The van der Waals surface area contributed by atoms with E-state index in [9.17, 15) is 8.42 Å². The van der Waals surface area contributed by atoms with E-state index in [1.165, 1.54) is 0 Å². The summed E-state index contributed by atoms with van der Waals surface area (Å²) < 4.78 is 48.6. The van der Waals surface area contributed by atoms with E-state index >= 15 is 0 Å². The van der Waals surface area contributed by atoms with Gasteiger partial charge >= 0.3 is 0 Å². The topological polar surface area (TPSA) is 143 Å². The van der Waals surface area contributed by atoms with Crippen LogP contribution in [0.1, 0.15) is 44.3 Å². The van der Waals surface area contributed by atoms with Crippen LogP contribution < -0.4 is 9.46 Å². The number of ether oxygens (including phenoxy) is 3. The van der Waals surface area contributed by atoms with Gasteiger partial charge in [0.05, 0.1) is 30.5 Å². The molecule has 35 heavy (non-hydrogen) atoms. The number of pyridine rings is 1. The van der Waals surface area contributed by atoms with Crippen molar-refractivity contribution in [2.75, 3.05) is 25.0 Å². The highest BCUT2D eigenvalue weighted by molar-refractivity contribution is 7.93. The van der Waals surface area contributed by atoms with Gasteiger partial charge in [-0.15, -0.1) is 10.2 Å². The summed E-state index contributed by atoms with van der Waals surface area (Å²) in [5.74, 6) is 1.32. The van der Waals surface area contributed by atoms with Gasteiger partial charge < -0.3 is 14.2 Å². The highest BCUT2D eigenvalue weighted by Gasteiger charge is 2.36. The third kappa shape index (κ3) is 5.26. The maximum absolute atomic E-state index is 13.5. The van der Waals surface area contributed by atoms with Crippen LogP contribution in [-0.4, -0.2) is 69.8 Å². The second-order valence-corrected chi connectivity index (χ2v) is 10.6. The van der Waals surface area contributed by atoms with Crippen molar-refractivity contribution in [3.8, 4) is 17.1 Å². The van der Waals surface area contributed by atoms with Crippen molar-refractivity contribution >= 4 is 16.0 Å². The molecule has 4 heterocycles. The molecule has 12 nitrogen and oxygen atoms in total. The fourth-order valence-corrected chi connectivity index (χ4v) is 4.84. The average Bonchev–Trinajstić information content (AvgIpc) is 3.15. The molecule has 3 aromatic rings. The largest absolute Gasteiger partial charge is 0.489 e. The van der Waals surface area contributed by atoms with Crippen molar-refractivity contribution in [3.63, 3.8) is 0 Å². The van der Waals surface area contributed by atoms with Gasteiger partial charge in [0.15, 0.2) is 11.6 Å². The summed E-state index contributed by atoms with van der Waals surface area (Å²) in [4.78, 5) is 12.7. The smallest absolute Gasteiger partial charge is 0.240 e. The van der Waals surface area contributed by atoms with Gasteiger partial charge in [0.1, 0.15) is 23.7 Å². The quantitative estimate of drug-likeness (QED) is 0.462. The number of fused-ring (bicyclic) bond motifs is 3. The van der Waals surface area contributed by atoms with Crippen LogP contribution in [0.2, 0.25) is 0 Å². The molecule has 0 amide bonds. The van der Waals surface area contributed by atoms with Crippen LogP contribution in [0.15, 0.2) is 30.9 Å². The Morgan fingerprint density at radius 3 is 2.63 bits per heavy atom. The lowest BCUT2D eigenvalue weighted by molar-refractivity contribution is 0.00152. The zero-order valence-electron chi connectivity index (χ0n) is 20.2. The molecule has 4 rings (SSSR count). The molecule has 0 spiro atoms. The van der Waals surface area contributed by atoms with E-state index in [0.717, 1.165) is 5.56 Å². The molecule has 0 aliphatic carbocycles. The SMILES string of the molecule is COC[C@@H]1COc2cnccc2-c2nnc(NS(=O)(=O)C(C)C(OC(C)C)c3ncc(C)cn3)n21. The summed E-state index contributed by atoms with van der Waals surface area (Å²) in [6.45, 7) is 7.54. The van der Waals surface area contributed by atoms with Gasteiger partial charge in [-0.05, 0) is 39.3 Å². The molecule has 0 aromatic carbocycles. The summed E-state index contributed by atoms with van der Waals surface area (Å²) in [5.41, 5.74) is 1.51. The van der Waals surface area contributed by atoms with Crippen molar-refractivity contribution < 1.29 is 22.6 Å². The van der Waals surface area contributed by atoms with Crippen LogP contribution >= 0.6 is 0 Å². The van der Waals surface area contributed by atoms with Crippen LogP contribution in [0, 0.1) is 6.92 Å². The first kappa shape index (κ1) is 24.9. The Morgan fingerprint density at radius 1 is 1.20 bits per heavy atom. The van der Waals surface area contributed by atoms with Gasteiger partial charge in [-0.3, -0.25) is 14.3 Å². The molecule has 1 aliphatic rings. The van der Waals surface area contributed by atoms with Crippen LogP contribution in [0.5, 0.6) is 5.75 Å². The van der Waals surface area contributed by atoms with Crippen molar-refractivity contribution in [1.29, 1.82) is 0 Å². The lowest BCUT2D eigenvalue weighted by Crippen LogP contribution is -2.35. The van der Waals surface area contributed by atoms with Crippen molar-refractivity contribution in [3.05, 3.63) is 42.2 Å². The second kappa shape index (κ2) is 10.2. The highest BCUT2D eigenvalue weighted by Crippen LogP contribution is 2.36. The molecule has 3 aromatic heterocycles. The lowest BCUT2D eigenvalue weighted by Gasteiger charge is -2.26. The third-order valence-corrected chi connectivity index (χ3v) is 7.19. The molecule has 1 N–H and O–H groups in total. The van der Waals surface area contributed by atoms with Gasteiger partial charge in [-0.1, -0.05) is 0 Å². The van der Waals surface area contributed by atoms with E-state index in [1.54, 1.807) is 49.5 Å². The van der Waals surface area contributed by atoms with E-state index in [4.69, 9.17) is 14.2 Å². The van der Waals surface area contributed by atoms with Crippen molar-refractivity contribution in [1.82, 2.24) is 29.7 Å². The zero-order valence-corrected chi connectivity index (χ0v) is 21.1. The first-order valence-corrected chi connectivity index (χ1v) is 12.7. The number of hydrogen-bond acceptors (Lipinski definition) is 10. The Kier molecular flexibility index (Phi) is 7.28. The van der Waals surface area contributed by atoms with E-state index in [1.807, 2.05) is 20.8 Å². The molecule has 0 saturated heterocycles.